The molecule has 138 valence electrons. The summed E-state index contributed by atoms with van der Waals surface area (Å²) in [7, 11) is 0. The summed E-state index contributed by atoms with van der Waals surface area (Å²) >= 11 is 0. The summed E-state index contributed by atoms with van der Waals surface area (Å²) in [6.45, 7) is 26.5. The molecule has 0 unspecified atom stereocenters. The monoisotopic (exact) mass is 422 g/mol. The van der Waals surface area contributed by atoms with Gasteiger partial charge < -0.3 is 0 Å². The molecule has 1 heteroatoms. The van der Waals surface area contributed by atoms with Gasteiger partial charge in [0, 0.05) is 21.1 Å². The standard InChI is InChI=1S/2C12H18.Mo/c2*1-7-8(2)10(4)12(6)11(5)9(7)3;/h2*1-6H3;. The summed E-state index contributed by atoms with van der Waals surface area (Å²) in [5.41, 5.74) is 17.5. The van der Waals surface area contributed by atoms with Crippen molar-refractivity contribution in [2.24, 2.45) is 0 Å². The minimum absolute atomic E-state index is 0. The van der Waals surface area contributed by atoms with Crippen LogP contribution in [0.5, 0.6) is 0 Å². The van der Waals surface area contributed by atoms with Gasteiger partial charge in [0.1, 0.15) is 0 Å². The van der Waals surface area contributed by atoms with Crippen LogP contribution in [0.1, 0.15) is 66.8 Å². The molecule has 0 spiro atoms. The molecule has 0 aromatic heterocycles. The van der Waals surface area contributed by atoms with Gasteiger partial charge in [0.2, 0.25) is 0 Å². The smallest absolute Gasteiger partial charge is 0 e. The Morgan fingerprint density at radius 2 is 0.240 bits per heavy atom. The Labute approximate surface area is 170 Å². The van der Waals surface area contributed by atoms with Crippen LogP contribution in [0.25, 0.3) is 0 Å². The third-order valence-corrected chi connectivity index (χ3v) is 6.75. The summed E-state index contributed by atoms with van der Waals surface area (Å²) in [6, 6.07) is 0. The van der Waals surface area contributed by atoms with Crippen LogP contribution in [0.2, 0.25) is 0 Å². The van der Waals surface area contributed by atoms with Crippen molar-refractivity contribution in [2.75, 3.05) is 0 Å². The number of rotatable bonds is 0. The van der Waals surface area contributed by atoms with E-state index in [1.54, 1.807) is 0 Å². The predicted molar refractivity (Wildman–Crippen MR) is 110 cm³/mol. The van der Waals surface area contributed by atoms with Crippen LogP contribution in [-0.2, 0) is 21.1 Å². The fourth-order valence-electron chi connectivity index (χ4n) is 3.38. The van der Waals surface area contributed by atoms with Crippen LogP contribution in [0, 0.1) is 83.1 Å². The van der Waals surface area contributed by atoms with Crippen molar-refractivity contribution >= 4 is 0 Å². The first-order valence-electron chi connectivity index (χ1n) is 9.00. The predicted octanol–water partition coefficient (Wildman–Crippen LogP) is 7.07. The van der Waals surface area contributed by atoms with Gasteiger partial charge in [-0.2, -0.15) is 0 Å². The van der Waals surface area contributed by atoms with E-state index in [9.17, 15) is 0 Å². The van der Waals surface area contributed by atoms with Gasteiger partial charge in [-0.3, -0.25) is 0 Å². The second-order valence-corrected chi connectivity index (χ2v) is 7.50. The fourth-order valence-corrected chi connectivity index (χ4v) is 3.38. The van der Waals surface area contributed by atoms with Gasteiger partial charge in [0.05, 0.1) is 0 Å². The summed E-state index contributed by atoms with van der Waals surface area (Å²) in [4.78, 5) is 0. The van der Waals surface area contributed by atoms with Crippen LogP contribution in [0.15, 0.2) is 0 Å². The maximum Gasteiger partial charge on any atom is 0 e. The van der Waals surface area contributed by atoms with E-state index < -0.39 is 0 Å². The van der Waals surface area contributed by atoms with Gasteiger partial charge in [0.15, 0.2) is 0 Å². The van der Waals surface area contributed by atoms with E-state index in [-0.39, 0.29) is 21.1 Å². The molecule has 0 heterocycles. The molecular weight excluding hydrogens is 384 g/mol. The molecule has 0 radical (unpaired) electrons. The first-order valence-corrected chi connectivity index (χ1v) is 9.00. The van der Waals surface area contributed by atoms with E-state index in [4.69, 9.17) is 0 Å². The van der Waals surface area contributed by atoms with E-state index in [0.29, 0.717) is 0 Å². The van der Waals surface area contributed by atoms with E-state index in [2.05, 4.69) is 83.1 Å². The Morgan fingerprint density at radius 1 is 0.200 bits per heavy atom. The van der Waals surface area contributed by atoms with Crippen LogP contribution in [0.3, 0.4) is 0 Å². The van der Waals surface area contributed by atoms with Crippen molar-refractivity contribution < 1.29 is 21.1 Å². The molecule has 0 saturated carbocycles. The second kappa shape index (κ2) is 9.18. The molecule has 0 N–H and O–H groups in total. The molecular formula is C24H36Mo. The Kier molecular flexibility index (Phi) is 8.86. The van der Waals surface area contributed by atoms with Gasteiger partial charge in [-0.15, -0.1) is 0 Å². The first-order chi connectivity index (χ1) is 10.9. The third-order valence-electron chi connectivity index (χ3n) is 6.75. The summed E-state index contributed by atoms with van der Waals surface area (Å²) in [6.07, 6.45) is 0. The Balaban J connectivity index is 0.000000443. The van der Waals surface area contributed by atoms with Gasteiger partial charge in [-0.1, -0.05) is 0 Å². The van der Waals surface area contributed by atoms with Gasteiger partial charge in [-0.25, -0.2) is 0 Å². The number of benzene rings is 2. The van der Waals surface area contributed by atoms with Gasteiger partial charge in [-0.05, 0) is 150 Å². The van der Waals surface area contributed by atoms with Crippen LogP contribution < -0.4 is 0 Å². The fraction of sp³-hybridized carbons (Fsp3) is 0.500. The van der Waals surface area contributed by atoms with E-state index in [1.165, 1.54) is 66.8 Å². The minimum Gasteiger partial charge on any atom is -0.0447 e. The molecule has 2 aromatic rings. The second-order valence-electron chi connectivity index (χ2n) is 7.50. The average Bonchev–Trinajstić information content (AvgIpc) is 2.58. The Bertz CT molecular complexity index is 502. The molecule has 0 aliphatic rings. The molecule has 2 aromatic carbocycles. The summed E-state index contributed by atoms with van der Waals surface area (Å²) < 4.78 is 0. The zero-order valence-electron chi connectivity index (χ0n) is 18.4. The largest absolute Gasteiger partial charge is 0.0447 e. The molecule has 0 aliphatic heterocycles. The van der Waals surface area contributed by atoms with Gasteiger partial charge in [0.25, 0.3) is 0 Å². The van der Waals surface area contributed by atoms with Crippen molar-refractivity contribution in [1.82, 2.24) is 0 Å². The van der Waals surface area contributed by atoms with Crippen molar-refractivity contribution in [3.05, 3.63) is 66.8 Å². The molecule has 0 atom stereocenters. The normalized spacial score (nSPS) is 10.1. The van der Waals surface area contributed by atoms with E-state index >= 15 is 0 Å². The molecule has 0 nitrogen and oxygen atoms in total. The van der Waals surface area contributed by atoms with Crippen molar-refractivity contribution in [1.29, 1.82) is 0 Å². The number of hydrogen-bond acceptors (Lipinski definition) is 0. The van der Waals surface area contributed by atoms with Gasteiger partial charge >= 0.3 is 0 Å². The molecule has 0 aliphatic carbocycles. The van der Waals surface area contributed by atoms with E-state index in [0.717, 1.165) is 0 Å². The van der Waals surface area contributed by atoms with Crippen molar-refractivity contribution in [3.63, 3.8) is 0 Å². The Morgan fingerprint density at radius 3 is 0.280 bits per heavy atom. The molecule has 0 fully saturated rings. The third kappa shape index (κ3) is 4.65. The SMILES string of the molecule is Cc1c(C)c(C)c(C)c(C)c1C.Cc1c(C)c(C)c(C)c(C)c1C.[Mo]. The van der Waals surface area contributed by atoms with Crippen molar-refractivity contribution in [3.8, 4) is 0 Å². The zero-order valence-corrected chi connectivity index (χ0v) is 20.4. The number of hydrogen-bond donors (Lipinski definition) is 0. The maximum absolute atomic E-state index is 2.21. The molecule has 0 saturated heterocycles. The van der Waals surface area contributed by atoms with Crippen LogP contribution >= 0.6 is 0 Å². The van der Waals surface area contributed by atoms with E-state index in [1.807, 2.05) is 0 Å². The summed E-state index contributed by atoms with van der Waals surface area (Å²) in [5, 5.41) is 0. The minimum atomic E-state index is 0. The average molecular weight is 420 g/mol. The summed E-state index contributed by atoms with van der Waals surface area (Å²) in [5.74, 6) is 0. The zero-order chi connectivity index (χ0) is 18.9. The van der Waals surface area contributed by atoms with Crippen molar-refractivity contribution in [2.45, 2.75) is 83.1 Å². The molecule has 0 bridgehead atoms. The van der Waals surface area contributed by atoms with Crippen LogP contribution in [-0.4, -0.2) is 0 Å². The topological polar surface area (TPSA) is 0 Å². The Hall–Kier alpha value is -0.872. The quantitative estimate of drug-likeness (QED) is 0.400. The molecule has 0 amide bonds. The molecule has 25 heavy (non-hydrogen) atoms. The maximum atomic E-state index is 2.21. The first kappa shape index (κ1) is 24.1. The molecule has 2 rings (SSSR count). The van der Waals surface area contributed by atoms with Crippen LogP contribution in [0.4, 0.5) is 0 Å².